The molecule has 106 valence electrons. The van der Waals surface area contributed by atoms with E-state index in [0.717, 1.165) is 13.1 Å². The van der Waals surface area contributed by atoms with E-state index in [1.165, 1.54) is 19.3 Å². The molecule has 1 fully saturated rings. The maximum absolute atomic E-state index is 6.07. The lowest BCUT2D eigenvalue weighted by atomic mass is 10.1. The van der Waals surface area contributed by atoms with Crippen molar-refractivity contribution in [1.82, 2.24) is 15.1 Å². The van der Waals surface area contributed by atoms with Gasteiger partial charge in [0.15, 0.2) is 5.75 Å². The summed E-state index contributed by atoms with van der Waals surface area (Å²) in [5.74, 6) is 1.37. The molecule has 5 heteroatoms. The zero-order valence-corrected chi connectivity index (χ0v) is 12.0. The van der Waals surface area contributed by atoms with Gasteiger partial charge in [0.25, 0.3) is 0 Å². The van der Waals surface area contributed by atoms with Gasteiger partial charge in [0.1, 0.15) is 5.75 Å². The van der Waals surface area contributed by atoms with Crippen molar-refractivity contribution in [3.8, 4) is 11.5 Å². The van der Waals surface area contributed by atoms with Crippen LogP contribution in [0.25, 0.3) is 0 Å². The monoisotopic (exact) mass is 291 g/mol. The normalized spacial score (nSPS) is 18.9. The van der Waals surface area contributed by atoms with Crippen molar-refractivity contribution < 1.29 is 4.74 Å². The third-order valence-corrected chi connectivity index (χ3v) is 3.81. The van der Waals surface area contributed by atoms with E-state index < -0.39 is 0 Å². The first-order chi connectivity index (χ1) is 9.81. The number of ether oxygens (including phenoxy) is 1. The predicted molar refractivity (Wildman–Crippen MR) is 79.4 cm³/mol. The van der Waals surface area contributed by atoms with Crippen LogP contribution < -0.4 is 10.1 Å². The number of piperidine rings is 1. The minimum Gasteiger partial charge on any atom is -0.452 e. The Kier molecular flexibility index (Phi) is 4.23. The standard InChI is InChI=1S/C15H18ClN3O/c16-14-6-1-2-7-15(14)20-13-9-18-19(11-13)10-12-5-3-4-8-17-12/h1-2,6-7,9,11-12,17H,3-5,8,10H2. The summed E-state index contributed by atoms with van der Waals surface area (Å²) in [4.78, 5) is 0. The first-order valence-electron chi connectivity index (χ1n) is 6.99. The topological polar surface area (TPSA) is 39.1 Å². The fraction of sp³-hybridized carbons (Fsp3) is 0.400. The highest BCUT2D eigenvalue weighted by Crippen LogP contribution is 2.28. The second-order valence-corrected chi connectivity index (χ2v) is 5.48. The maximum Gasteiger partial charge on any atom is 0.165 e. The van der Waals surface area contributed by atoms with Crippen LogP contribution in [0.5, 0.6) is 11.5 Å². The van der Waals surface area contributed by atoms with Crippen molar-refractivity contribution >= 4 is 11.6 Å². The van der Waals surface area contributed by atoms with E-state index in [4.69, 9.17) is 16.3 Å². The average molecular weight is 292 g/mol. The highest BCUT2D eigenvalue weighted by Gasteiger charge is 2.13. The second-order valence-electron chi connectivity index (χ2n) is 5.08. The summed E-state index contributed by atoms with van der Waals surface area (Å²) in [6, 6.07) is 7.96. The molecule has 0 saturated carbocycles. The van der Waals surface area contributed by atoms with Gasteiger partial charge >= 0.3 is 0 Å². The summed E-state index contributed by atoms with van der Waals surface area (Å²) in [5, 5.41) is 8.46. The van der Waals surface area contributed by atoms with Gasteiger partial charge in [0.2, 0.25) is 0 Å². The quantitative estimate of drug-likeness (QED) is 0.937. The number of hydrogen-bond acceptors (Lipinski definition) is 3. The molecular formula is C15H18ClN3O. The van der Waals surface area contributed by atoms with E-state index in [-0.39, 0.29) is 0 Å². The first kappa shape index (κ1) is 13.5. The summed E-state index contributed by atoms with van der Waals surface area (Å²) in [7, 11) is 0. The molecule has 0 amide bonds. The van der Waals surface area contributed by atoms with E-state index in [2.05, 4.69) is 10.4 Å². The summed E-state index contributed by atoms with van der Waals surface area (Å²) in [6.45, 7) is 1.99. The molecule has 1 atom stereocenters. The summed E-state index contributed by atoms with van der Waals surface area (Å²) < 4.78 is 7.67. The molecule has 1 saturated heterocycles. The minimum absolute atomic E-state index is 0.511. The largest absolute Gasteiger partial charge is 0.452 e. The third kappa shape index (κ3) is 3.32. The summed E-state index contributed by atoms with van der Waals surface area (Å²) >= 11 is 6.07. The van der Waals surface area contributed by atoms with Crippen LogP contribution in [0.15, 0.2) is 36.7 Å². The van der Waals surface area contributed by atoms with E-state index in [0.29, 0.717) is 22.6 Å². The van der Waals surface area contributed by atoms with Crippen LogP contribution in [0, 0.1) is 0 Å². The number of halogens is 1. The molecule has 2 aromatic rings. The molecule has 0 spiro atoms. The molecule has 0 radical (unpaired) electrons. The van der Waals surface area contributed by atoms with Gasteiger partial charge in [-0.25, -0.2) is 0 Å². The smallest absolute Gasteiger partial charge is 0.165 e. The maximum atomic E-state index is 6.07. The van der Waals surface area contributed by atoms with Gasteiger partial charge in [-0.05, 0) is 31.5 Å². The molecule has 1 N–H and O–H groups in total. The third-order valence-electron chi connectivity index (χ3n) is 3.49. The predicted octanol–water partition coefficient (Wildman–Crippen LogP) is 3.47. The molecule has 1 aromatic carbocycles. The molecular weight excluding hydrogens is 274 g/mol. The van der Waals surface area contributed by atoms with Gasteiger partial charge < -0.3 is 10.1 Å². The van der Waals surface area contributed by atoms with Crippen molar-refractivity contribution in [2.75, 3.05) is 6.54 Å². The van der Waals surface area contributed by atoms with Crippen LogP contribution in [0.4, 0.5) is 0 Å². The van der Waals surface area contributed by atoms with E-state index in [1.54, 1.807) is 6.20 Å². The van der Waals surface area contributed by atoms with Gasteiger partial charge in [-0.15, -0.1) is 0 Å². The van der Waals surface area contributed by atoms with Crippen LogP contribution in [-0.2, 0) is 6.54 Å². The van der Waals surface area contributed by atoms with Crippen molar-refractivity contribution in [2.45, 2.75) is 31.8 Å². The van der Waals surface area contributed by atoms with Crippen LogP contribution in [0.2, 0.25) is 5.02 Å². The fourth-order valence-corrected chi connectivity index (χ4v) is 2.63. The Morgan fingerprint density at radius 3 is 3.05 bits per heavy atom. The van der Waals surface area contributed by atoms with Crippen molar-refractivity contribution in [3.63, 3.8) is 0 Å². The highest BCUT2D eigenvalue weighted by atomic mass is 35.5. The Balaban J connectivity index is 1.63. The molecule has 4 nitrogen and oxygen atoms in total. The number of nitrogens with one attached hydrogen (secondary N) is 1. The molecule has 20 heavy (non-hydrogen) atoms. The van der Waals surface area contributed by atoms with E-state index in [9.17, 15) is 0 Å². The molecule has 0 aliphatic carbocycles. The minimum atomic E-state index is 0.511. The highest BCUT2D eigenvalue weighted by molar-refractivity contribution is 6.32. The zero-order chi connectivity index (χ0) is 13.8. The van der Waals surface area contributed by atoms with Crippen molar-refractivity contribution in [3.05, 3.63) is 41.7 Å². The van der Waals surface area contributed by atoms with Crippen LogP contribution in [0.1, 0.15) is 19.3 Å². The lowest BCUT2D eigenvalue weighted by Crippen LogP contribution is -2.37. The Hall–Kier alpha value is -1.52. The number of para-hydroxylation sites is 1. The SMILES string of the molecule is Clc1ccccc1Oc1cnn(CC2CCCCN2)c1. The fourth-order valence-electron chi connectivity index (χ4n) is 2.46. The van der Waals surface area contributed by atoms with Gasteiger partial charge in [-0.3, -0.25) is 4.68 Å². The Morgan fingerprint density at radius 2 is 2.25 bits per heavy atom. The van der Waals surface area contributed by atoms with Gasteiger partial charge in [-0.1, -0.05) is 30.2 Å². The molecule has 1 aromatic heterocycles. The second kappa shape index (κ2) is 6.29. The van der Waals surface area contributed by atoms with Crippen LogP contribution >= 0.6 is 11.6 Å². The Bertz CT molecular complexity index is 564. The number of hydrogen-bond donors (Lipinski definition) is 1. The molecule has 1 aliphatic rings. The summed E-state index contributed by atoms with van der Waals surface area (Å²) in [6.07, 6.45) is 7.42. The molecule has 1 aliphatic heterocycles. The van der Waals surface area contributed by atoms with Crippen LogP contribution in [-0.4, -0.2) is 22.4 Å². The van der Waals surface area contributed by atoms with Gasteiger partial charge in [0, 0.05) is 6.04 Å². The van der Waals surface area contributed by atoms with E-state index >= 15 is 0 Å². The van der Waals surface area contributed by atoms with Crippen LogP contribution in [0.3, 0.4) is 0 Å². The molecule has 3 rings (SSSR count). The molecule has 1 unspecified atom stereocenters. The molecule has 0 bridgehead atoms. The Labute approximate surface area is 123 Å². The number of benzene rings is 1. The van der Waals surface area contributed by atoms with Crippen molar-refractivity contribution in [2.24, 2.45) is 0 Å². The lowest BCUT2D eigenvalue weighted by molar-refractivity contribution is 0.350. The summed E-state index contributed by atoms with van der Waals surface area (Å²) in [5.41, 5.74) is 0. The number of aromatic nitrogens is 2. The first-order valence-corrected chi connectivity index (χ1v) is 7.37. The Morgan fingerprint density at radius 1 is 1.35 bits per heavy atom. The van der Waals surface area contributed by atoms with E-state index in [1.807, 2.05) is 35.1 Å². The van der Waals surface area contributed by atoms with Gasteiger partial charge in [-0.2, -0.15) is 5.10 Å². The molecule has 2 heterocycles. The number of rotatable bonds is 4. The average Bonchev–Trinajstić information content (AvgIpc) is 2.90. The number of nitrogens with zero attached hydrogens (tertiary/aromatic N) is 2. The van der Waals surface area contributed by atoms with Gasteiger partial charge in [0.05, 0.1) is 24.0 Å². The lowest BCUT2D eigenvalue weighted by Gasteiger charge is -2.23. The van der Waals surface area contributed by atoms with Crippen molar-refractivity contribution in [1.29, 1.82) is 0 Å². The zero-order valence-electron chi connectivity index (χ0n) is 11.3.